The van der Waals surface area contributed by atoms with E-state index in [1.165, 1.54) is 50.0 Å². The largest absolute Gasteiger partial charge is 0.463 e. The van der Waals surface area contributed by atoms with E-state index in [9.17, 15) is 22.8 Å². The number of nitrogens with one attached hydrogen (secondary N) is 1. The molecule has 15 heteroatoms. The van der Waals surface area contributed by atoms with Gasteiger partial charge in [0.05, 0.1) is 17.4 Å². The number of aromatic nitrogens is 4. The number of carbonyl (C=O) groups is 3. The van der Waals surface area contributed by atoms with Crippen LogP contribution >= 0.6 is 0 Å². The molecule has 0 saturated carbocycles. The normalized spacial score (nSPS) is 21.2. The van der Waals surface area contributed by atoms with Gasteiger partial charge in [0.15, 0.2) is 24.1 Å². The molecule has 1 aliphatic heterocycles. The maximum atomic E-state index is 12.8. The van der Waals surface area contributed by atoms with Crippen LogP contribution in [-0.2, 0) is 43.4 Å². The van der Waals surface area contributed by atoms with Gasteiger partial charge in [0.2, 0.25) is 5.95 Å². The lowest BCUT2D eigenvalue weighted by Gasteiger charge is -2.23. The van der Waals surface area contributed by atoms with Crippen molar-refractivity contribution in [2.45, 2.75) is 57.1 Å². The number of sulfonamides is 1. The smallest absolute Gasteiger partial charge is 0.303 e. The van der Waals surface area contributed by atoms with E-state index >= 15 is 0 Å². The van der Waals surface area contributed by atoms with Crippen LogP contribution in [0.25, 0.3) is 11.2 Å². The Morgan fingerprint density at radius 1 is 1.00 bits per heavy atom. The number of hydrogen-bond acceptors (Lipinski definition) is 12. The first-order valence-corrected chi connectivity index (χ1v) is 12.9. The zero-order valence-electron chi connectivity index (χ0n) is 20.9. The summed E-state index contributed by atoms with van der Waals surface area (Å²) in [5.74, 6) is -2.18. The predicted octanol–water partition coefficient (Wildman–Crippen LogP) is 1.26. The molecule has 1 aromatic carbocycles. The maximum absolute atomic E-state index is 12.8. The topological polar surface area (TPSA) is 178 Å². The van der Waals surface area contributed by atoms with Crippen LogP contribution in [0.1, 0.15) is 32.6 Å². The summed E-state index contributed by atoms with van der Waals surface area (Å²) >= 11 is 0. The molecule has 38 heavy (non-hydrogen) atoms. The molecule has 1 saturated heterocycles. The molecule has 202 valence electrons. The predicted molar refractivity (Wildman–Crippen MR) is 129 cm³/mol. The van der Waals surface area contributed by atoms with E-state index in [-0.39, 0.29) is 28.6 Å². The zero-order chi connectivity index (χ0) is 27.6. The number of aryl methyl sites for hydroxylation is 1. The van der Waals surface area contributed by atoms with Crippen molar-refractivity contribution in [3.8, 4) is 0 Å². The molecule has 1 fully saturated rings. The minimum absolute atomic E-state index is 0.0203. The van der Waals surface area contributed by atoms with Crippen LogP contribution in [0.4, 0.5) is 5.95 Å². The summed E-state index contributed by atoms with van der Waals surface area (Å²) in [5, 5.41) is 0. The van der Waals surface area contributed by atoms with E-state index in [1.54, 1.807) is 12.1 Å². The number of ether oxygens (including phenoxy) is 4. The van der Waals surface area contributed by atoms with Gasteiger partial charge in [0.25, 0.3) is 10.0 Å². The van der Waals surface area contributed by atoms with E-state index < -0.39 is 52.5 Å². The summed E-state index contributed by atoms with van der Waals surface area (Å²) in [5.41, 5.74) is 1.31. The van der Waals surface area contributed by atoms with Crippen molar-refractivity contribution in [3.05, 3.63) is 42.4 Å². The van der Waals surface area contributed by atoms with Gasteiger partial charge in [-0.15, -0.1) is 0 Å². The van der Waals surface area contributed by atoms with E-state index in [4.69, 9.17) is 18.9 Å². The molecule has 1 N–H and O–H groups in total. The van der Waals surface area contributed by atoms with Gasteiger partial charge in [-0.3, -0.25) is 19.0 Å². The first kappa shape index (κ1) is 26.9. The third-order valence-corrected chi connectivity index (χ3v) is 6.83. The number of hydrogen-bond donors (Lipinski definition) is 1. The van der Waals surface area contributed by atoms with Crippen molar-refractivity contribution in [2.75, 3.05) is 11.3 Å². The number of esters is 3. The van der Waals surface area contributed by atoms with Gasteiger partial charge in [-0.05, 0) is 19.1 Å². The van der Waals surface area contributed by atoms with E-state index in [0.29, 0.717) is 0 Å². The lowest BCUT2D eigenvalue weighted by Crippen LogP contribution is -2.40. The fraction of sp³-hybridized carbons (Fsp3) is 0.391. The van der Waals surface area contributed by atoms with Crippen molar-refractivity contribution in [2.24, 2.45) is 0 Å². The van der Waals surface area contributed by atoms with Crippen LogP contribution in [0.15, 0.2) is 41.7 Å². The monoisotopic (exact) mass is 547 g/mol. The number of carbonyl (C=O) groups excluding carboxylic acids is 3. The van der Waals surface area contributed by atoms with Gasteiger partial charge in [-0.2, -0.15) is 4.98 Å². The fourth-order valence-corrected chi connectivity index (χ4v) is 4.83. The summed E-state index contributed by atoms with van der Waals surface area (Å²) in [6, 6.07) is 6.22. The van der Waals surface area contributed by atoms with Crippen LogP contribution in [0.5, 0.6) is 0 Å². The highest BCUT2D eigenvalue weighted by atomic mass is 32.2. The molecule has 4 rings (SSSR count). The van der Waals surface area contributed by atoms with Crippen LogP contribution in [0.2, 0.25) is 0 Å². The highest BCUT2D eigenvalue weighted by Crippen LogP contribution is 2.36. The van der Waals surface area contributed by atoms with Gasteiger partial charge in [0.1, 0.15) is 18.2 Å². The molecular formula is C23H25N5O9S. The first-order chi connectivity index (χ1) is 17.9. The van der Waals surface area contributed by atoms with Gasteiger partial charge in [0, 0.05) is 20.8 Å². The van der Waals surface area contributed by atoms with Gasteiger partial charge >= 0.3 is 17.9 Å². The van der Waals surface area contributed by atoms with Gasteiger partial charge in [-0.1, -0.05) is 17.7 Å². The fourth-order valence-electron chi connectivity index (χ4n) is 3.88. The summed E-state index contributed by atoms with van der Waals surface area (Å²) in [6.07, 6.45) is -1.77. The Kier molecular flexibility index (Phi) is 7.59. The Morgan fingerprint density at radius 3 is 2.29 bits per heavy atom. The average molecular weight is 548 g/mol. The number of rotatable bonds is 8. The Balaban J connectivity index is 1.70. The first-order valence-electron chi connectivity index (χ1n) is 11.4. The Labute approximate surface area is 217 Å². The summed E-state index contributed by atoms with van der Waals surface area (Å²) in [7, 11) is -4.00. The molecule has 2 aromatic heterocycles. The number of nitrogens with zero attached hydrogens (tertiary/aromatic N) is 4. The van der Waals surface area contributed by atoms with Crippen LogP contribution in [0, 0.1) is 6.92 Å². The molecule has 3 aromatic rings. The number of benzene rings is 1. The summed E-state index contributed by atoms with van der Waals surface area (Å²) in [6.45, 7) is 5.10. The molecule has 0 bridgehead atoms. The van der Waals surface area contributed by atoms with Gasteiger partial charge in [-0.25, -0.2) is 23.1 Å². The van der Waals surface area contributed by atoms with E-state index in [0.717, 1.165) is 5.56 Å². The average Bonchev–Trinajstić information content (AvgIpc) is 3.38. The number of fused-ring (bicyclic) bond motifs is 1. The zero-order valence-corrected chi connectivity index (χ0v) is 21.7. The minimum atomic E-state index is -4.00. The molecule has 0 unspecified atom stereocenters. The highest BCUT2D eigenvalue weighted by Gasteiger charge is 2.51. The second kappa shape index (κ2) is 10.7. The Bertz CT molecular complexity index is 1470. The lowest BCUT2D eigenvalue weighted by molar-refractivity contribution is -0.166. The van der Waals surface area contributed by atoms with Crippen LogP contribution < -0.4 is 4.72 Å². The third kappa shape index (κ3) is 5.89. The third-order valence-electron chi connectivity index (χ3n) is 5.49. The second-order valence-electron chi connectivity index (χ2n) is 8.49. The molecule has 4 atom stereocenters. The number of imidazole rings is 1. The minimum Gasteiger partial charge on any atom is -0.463 e. The highest BCUT2D eigenvalue weighted by molar-refractivity contribution is 7.92. The summed E-state index contributed by atoms with van der Waals surface area (Å²) < 4.78 is 51.2. The van der Waals surface area contributed by atoms with Crippen molar-refractivity contribution in [1.29, 1.82) is 0 Å². The van der Waals surface area contributed by atoms with E-state index in [2.05, 4.69) is 19.7 Å². The van der Waals surface area contributed by atoms with Crippen molar-refractivity contribution < 1.29 is 41.7 Å². The van der Waals surface area contributed by atoms with Crippen LogP contribution in [0.3, 0.4) is 0 Å². The Hall–Kier alpha value is -4.11. The molecule has 0 amide bonds. The molecule has 14 nitrogen and oxygen atoms in total. The standard InChI is InChI=1S/C23H25N5O9S/c1-12-5-7-16(8-6-12)38(32,33)27-23-24-9-17-21(26-23)28(11-25-17)22-20(36-15(4)31)19(35-14(3)30)18(37-22)10-34-13(2)29/h5-9,11,18-20,22H,10H2,1-4H3,(H,24,26,27)/t18-,19-,20-,22-/m1/s1. The maximum Gasteiger partial charge on any atom is 0.303 e. The molecule has 0 radical (unpaired) electrons. The lowest BCUT2D eigenvalue weighted by atomic mass is 10.1. The SMILES string of the molecule is CC(=O)OC[C@H]1O[C@@H](n2cnc3cnc(NS(=O)(=O)c4ccc(C)cc4)nc32)[C@H](OC(C)=O)[C@@H]1OC(C)=O. The van der Waals surface area contributed by atoms with Crippen LogP contribution in [-0.4, -0.2) is 70.8 Å². The molecular weight excluding hydrogens is 522 g/mol. The number of anilines is 1. The molecule has 3 heterocycles. The van der Waals surface area contributed by atoms with E-state index in [1.807, 2.05) is 6.92 Å². The second-order valence-corrected chi connectivity index (χ2v) is 10.2. The Morgan fingerprint density at radius 2 is 1.66 bits per heavy atom. The van der Waals surface area contributed by atoms with Gasteiger partial charge < -0.3 is 18.9 Å². The summed E-state index contributed by atoms with van der Waals surface area (Å²) in [4.78, 5) is 47.7. The van der Waals surface area contributed by atoms with Crippen molar-refractivity contribution in [3.63, 3.8) is 0 Å². The van der Waals surface area contributed by atoms with Crippen molar-refractivity contribution in [1.82, 2.24) is 19.5 Å². The quantitative estimate of drug-likeness (QED) is 0.316. The molecule has 0 spiro atoms. The molecule has 1 aliphatic rings. The van der Waals surface area contributed by atoms with Crippen molar-refractivity contribution >= 4 is 45.0 Å². The molecule has 0 aliphatic carbocycles.